The van der Waals surface area contributed by atoms with Crippen LogP contribution in [-0.2, 0) is 22.2 Å². The number of hydrogen-bond acceptors (Lipinski definition) is 8. The summed E-state index contributed by atoms with van der Waals surface area (Å²) in [6.45, 7) is 0. The summed E-state index contributed by atoms with van der Waals surface area (Å²) >= 11 is 2.20. The Balaban J connectivity index is 1.69. The molecule has 1 aromatic heterocycles. The topological polar surface area (TPSA) is 132 Å². The third-order valence-corrected chi connectivity index (χ3v) is 7.22. The highest BCUT2D eigenvalue weighted by atomic mass is 32.2. The highest BCUT2D eigenvalue weighted by Crippen LogP contribution is 2.34. The Kier molecular flexibility index (Phi) is 7.73. The lowest BCUT2D eigenvalue weighted by Gasteiger charge is -2.25. The van der Waals surface area contributed by atoms with Gasteiger partial charge >= 0.3 is 12.2 Å². The van der Waals surface area contributed by atoms with Crippen molar-refractivity contribution < 1.29 is 37.5 Å². The molecule has 1 aliphatic heterocycles. The van der Waals surface area contributed by atoms with Gasteiger partial charge in [-0.1, -0.05) is 30.3 Å². The quantitative estimate of drug-likeness (QED) is 0.318. The zero-order valence-electron chi connectivity index (χ0n) is 19.4. The van der Waals surface area contributed by atoms with E-state index in [-0.39, 0.29) is 10.7 Å². The van der Waals surface area contributed by atoms with E-state index in [9.17, 15) is 37.5 Å². The number of carbonyl (C=O) groups is 4. The molecule has 4 amide bonds. The van der Waals surface area contributed by atoms with E-state index >= 15 is 0 Å². The van der Waals surface area contributed by atoms with Gasteiger partial charge in [0.15, 0.2) is 5.13 Å². The van der Waals surface area contributed by atoms with Crippen LogP contribution in [0, 0.1) is 0 Å². The van der Waals surface area contributed by atoms with Crippen molar-refractivity contribution in [1.82, 2.24) is 15.2 Å². The molecule has 2 N–H and O–H groups in total. The highest BCUT2D eigenvalue weighted by molar-refractivity contribution is 7.98. The van der Waals surface area contributed by atoms with Crippen LogP contribution in [0.1, 0.15) is 33.2 Å². The lowest BCUT2D eigenvalue weighted by molar-refractivity contribution is -0.255. The summed E-state index contributed by atoms with van der Waals surface area (Å²) in [6, 6.07) is 7.41. The molecule has 3 aromatic rings. The molecule has 0 saturated carbocycles. The summed E-state index contributed by atoms with van der Waals surface area (Å²) in [5, 5.41) is 16.7. The summed E-state index contributed by atoms with van der Waals surface area (Å²) in [5.41, 5.74) is -1.38. The van der Waals surface area contributed by atoms with Crippen LogP contribution < -0.4 is 15.7 Å². The van der Waals surface area contributed by atoms with Crippen LogP contribution in [-0.4, -0.2) is 46.0 Å². The van der Waals surface area contributed by atoms with E-state index in [1.165, 1.54) is 23.9 Å². The van der Waals surface area contributed by atoms with Crippen molar-refractivity contribution in [3.8, 4) is 0 Å². The maximum absolute atomic E-state index is 13.7. The number of aromatic nitrogens is 1. The number of urea groups is 1. The molecule has 1 fully saturated rings. The first-order valence-electron chi connectivity index (χ1n) is 10.9. The van der Waals surface area contributed by atoms with Crippen molar-refractivity contribution >= 4 is 52.0 Å². The van der Waals surface area contributed by atoms with Crippen molar-refractivity contribution in [3.63, 3.8) is 0 Å². The number of hydrogen-bond donors (Lipinski definition) is 2. The highest BCUT2D eigenvalue weighted by Gasteiger charge is 2.46. The Hall–Kier alpha value is -3.91. The van der Waals surface area contributed by atoms with Crippen LogP contribution in [0.25, 0.3) is 0 Å². The Labute approximate surface area is 222 Å². The molecule has 1 saturated heterocycles. The van der Waals surface area contributed by atoms with Crippen molar-refractivity contribution in [2.45, 2.75) is 29.6 Å². The third-order valence-electron chi connectivity index (χ3n) is 5.71. The second kappa shape index (κ2) is 10.8. The maximum Gasteiger partial charge on any atom is 0.416 e. The molecule has 9 nitrogen and oxygen atoms in total. The second-order valence-electron chi connectivity index (χ2n) is 8.05. The summed E-state index contributed by atoms with van der Waals surface area (Å²) < 4.78 is 41.0. The summed E-state index contributed by atoms with van der Waals surface area (Å²) in [6.07, 6.45) is -3.55. The predicted octanol–water partition coefficient (Wildman–Crippen LogP) is 3.09. The van der Waals surface area contributed by atoms with Crippen LogP contribution in [0.2, 0.25) is 0 Å². The van der Waals surface area contributed by atoms with Crippen molar-refractivity contribution in [3.05, 3.63) is 76.3 Å². The molecule has 1 aliphatic rings. The molecule has 2 aromatic carbocycles. The van der Waals surface area contributed by atoms with Crippen LogP contribution in [0.4, 0.5) is 23.1 Å². The zero-order valence-corrected chi connectivity index (χ0v) is 21.1. The fourth-order valence-corrected chi connectivity index (χ4v) is 5.00. The number of amides is 4. The van der Waals surface area contributed by atoms with Gasteiger partial charge in [-0.15, -0.1) is 23.1 Å². The number of thiazole rings is 1. The number of nitrogens with one attached hydrogen (secondary N) is 2. The third kappa shape index (κ3) is 5.65. The Morgan fingerprint density at radius 1 is 1.18 bits per heavy atom. The fraction of sp³-hybridized carbons (Fsp3) is 0.208. The summed E-state index contributed by atoms with van der Waals surface area (Å²) in [7, 11) is 0. The molecule has 0 radical (unpaired) electrons. The molecule has 198 valence electrons. The van der Waals surface area contributed by atoms with E-state index in [4.69, 9.17) is 0 Å². The zero-order chi connectivity index (χ0) is 27.6. The number of benzene rings is 2. The number of nitrogens with zero attached hydrogens (tertiary/aromatic N) is 2. The summed E-state index contributed by atoms with van der Waals surface area (Å²) in [4.78, 5) is 55.8. The average molecular weight is 564 g/mol. The van der Waals surface area contributed by atoms with Gasteiger partial charge in [-0.25, -0.2) is 14.7 Å². The smallest absolute Gasteiger partial charge is 0.416 e. The minimum atomic E-state index is -4.75. The van der Waals surface area contributed by atoms with E-state index in [1.54, 1.807) is 24.3 Å². The molecular formula is C24H18F3N4O5S2-. The van der Waals surface area contributed by atoms with E-state index in [2.05, 4.69) is 15.6 Å². The van der Waals surface area contributed by atoms with E-state index in [0.29, 0.717) is 10.5 Å². The van der Waals surface area contributed by atoms with Crippen LogP contribution in [0.3, 0.4) is 0 Å². The van der Waals surface area contributed by atoms with Crippen LogP contribution >= 0.6 is 23.1 Å². The maximum atomic E-state index is 13.7. The number of alkyl halides is 3. The largest absolute Gasteiger partial charge is 0.543 e. The van der Waals surface area contributed by atoms with E-state index in [1.807, 2.05) is 6.26 Å². The molecule has 2 heterocycles. The van der Waals surface area contributed by atoms with Gasteiger partial charge in [0.25, 0.3) is 5.91 Å². The number of rotatable bonds is 8. The lowest BCUT2D eigenvalue weighted by Crippen LogP contribution is -2.49. The van der Waals surface area contributed by atoms with Crippen LogP contribution in [0.5, 0.6) is 0 Å². The van der Waals surface area contributed by atoms with Gasteiger partial charge in [0.05, 0.1) is 17.2 Å². The van der Waals surface area contributed by atoms with E-state index in [0.717, 1.165) is 33.7 Å². The molecule has 4 rings (SSSR count). The molecule has 38 heavy (non-hydrogen) atoms. The first-order chi connectivity index (χ1) is 18.0. The van der Waals surface area contributed by atoms with Gasteiger partial charge < -0.3 is 20.5 Å². The number of imide groups is 1. The van der Waals surface area contributed by atoms with Gasteiger partial charge in [0.2, 0.25) is 5.91 Å². The van der Waals surface area contributed by atoms with E-state index < -0.39 is 59.8 Å². The monoisotopic (exact) mass is 563 g/mol. The SMILES string of the molecule is CSc1ccc(C2NC(=O)N([C@@H](Cc3ccccc3C(F)(F)F)C(=O)Nc3nc(C(=O)[O-])cs3)C2=O)cc1. The van der Waals surface area contributed by atoms with Gasteiger partial charge in [0, 0.05) is 16.7 Å². The molecular weight excluding hydrogens is 545 g/mol. The van der Waals surface area contributed by atoms with Crippen molar-refractivity contribution in [1.29, 1.82) is 0 Å². The molecule has 14 heteroatoms. The minimum absolute atomic E-state index is 0.195. The standard InChI is InChI=1S/C24H19F3N4O5S2/c1-37-14-8-6-12(7-9-14)18-20(33)31(23(36)29-18)17(10-13-4-2-3-5-15(13)24(25,26)27)19(32)30-22-28-16(11-38-22)21(34)35/h2-9,11,17-18H,10H2,1H3,(H,29,36)(H,34,35)(H,28,30,32)/p-1/t17-,18?/m0/s1. The number of carboxylic acids is 1. The Morgan fingerprint density at radius 3 is 2.47 bits per heavy atom. The average Bonchev–Trinajstić information content (AvgIpc) is 3.46. The number of halogens is 3. The number of anilines is 1. The number of thioether (sulfide) groups is 1. The molecule has 0 spiro atoms. The van der Waals surface area contributed by atoms with Crippen molar-refractivity contribution in [2.24, 2.45) is 0 Å². The number of carboxylic acid groups (broad SMARTS) is 1. The molecule has 0 bridgehead atoms. The first-order valence-corrected chi connectivity index (χ1v) is 13.0. The van der Waals surface area contributed by atoms with Gasteiger partial charge in [-0.3, -0.25) is 9.59 Å². The predicted molar refractivity (Wildman–Crippen MR) is 130 cm³/mol. The Morgan fingerprint density at radius 2 is 1.87 bits per heavy atom. The second-order valence-corrected chi connectivity index (χ2v) is 9.79. The molecule has 2 atom stereocenters. The van der Waals surface area contributed by atoms with Gasteiger partial charge in [-0.2, -0.15) is 13.2 Å². The molecule has 0 aliphatic carbocycles. The Bertz CT molecular complexity index is 1390. The van der Waals surface area contributed by atoms with Gasteiger partial charge in [0.1, 0.15) is 12.1 Å². The normalized spacial score (nSPS) is 16.3. The lowest BCUT2D eigenvalue weighted by atomic mass is 9.98. The molecule has 1 unspecified atom stereocenters. The minimum Gasteiger partial charge on any atom is -0.543 e. The van der Waals surface area contributed by atoms with Crippen molar-refractivity contribution in [2.75, 3.05) is 11.6 Å². The first kappa shape index (κ1) is 27.1. The summed E-state index contributed by atoms with van der Waals surface area (Å²) in [5.74, 6) is -3.45. The number of aromatic carboxylic acids is 1. The number of carbonyl (C=O) groups excluding carboxylic acids is 4. The van der Waals surface area contributed by atoms with Gasteiger partial charge in [-0.05, 0) is 35.6 Å². The van der Waals surface area contributed by atoms with Crippen LogP contribution in [0.15, 0.2) is 58.8 Å². The fourth-order valence-electron chi connectivity index (χ4n) is 3.91.